The van der Waals surface area contributed by atoms with Crippen molar-refractivity contribution in [2.75, 3.05) is 6.61 Å². The fraction of sp³-hybridized carbons (Fsp3) is 0.889. The van der Waals surface area contributed by atoms with Gasteiger partial charge >= 0.3 is 5.97 Å². The molecule has 0 aromatic rings. The predicted octanol–water partition coefficient (Wildman–Crippen LogP) is 1.35. The van der Waals surface area contributed by atoms with Crippen LogP contribution in [0.25, 0.3) is 0 Å². The molecule has 0 unspecified atom stereocenters. The van der Waals surface area contributed by atoms with Crippen LogP contribution in [0, 0.1) is 5.92 Å². The summed E-state index contributed by atoms with van der Waals surface area (Å²) in [5.74, 6) is -0.722. The Hall–Kier alpha value is -0.570. The van der Waals surface area contributed by atoms with Gasteiger partial charge in [0, 0.05) is 0 Å². The zero-order chi connectivity index (χ0) is 9.56. The number of ether oxygens (including phenoxy) is 1. The van der Waals surface area contributed by atoms with Gasteiger partial charge in [0.15, 0.2) is 0 Å². The molecule has 0 heterocycles. The normalized spacial score (nSPS) is 15.3. The molecule has 2 atom stereocenters. The van der Waals surface area contributed by atoms with Gasteiger partial charge in [-0.3, -0.25) is 4.79 Å². The average Bonchev–Trinajstić information content (AvgIpc) is 2.03. The van der Waals surface area contributed by atoms with E-state index in [9.17, 15) is 4.79 Å². The van der Waals surface area contributed by atoms with Gasteiger partial charge < -0.3 is 9.84 Å². The molecule has 72 valence electrons. The van der Waals surface area contributed by atoms with E-state index in [2.05, 4.69) is 0 Å². The maximum absolute atomic E-state index is 11.1. The number of hydrogen-bond donors (Lipinski definition) is 1. The van der Waals surface area contributed by atoms with Crippen LogP contribution >= 0.6 is 0 Å². The number of carbonyl (C=O) groups is 1. The Morgan fingerprint density at radius 3 is 2.50 bits per heavy atom. The highest BCUT2D eigenvalue weighted by atomic mass is 16.5. The Bertz CT molecular complexity index is 132. The average molecular weight is 174 g/mol. The van der Waals surface area contributed by atoms with Crippen LogP contribution in [0.2, 0.25) is 0 Å². The third-order valence-corrected chi connectivity index (χ3v) is 1.84. The third-order valence-electron chi connectivity index (χ3n) is 1.84. The Balaban J connectivity index is 3.57. The van der Waals surface area contributed by atoms with E-state index in [1.807, 2.05) is 6.92 Å². The molecule has 0 aromatic heterocycles. The molecular weight excluding hydrogens is 156 g/mol. The predicted molar refractivity (Wildman–Crippen MR) is 46.7 cm³/mol. The van der Waals surface area contributed by atoms with Crippen molar-refractivity contribution < 1.29 is 14.6 Å². The smallest absolute Gasteiger partial charge is 0.311 e. The minimum Gasteiger partial charge on any atom is -0.465 e. The first-order valence-electron chi connectivity index (χ1n) is 4.44. The quantitative estimate of drug-likeness (QED) is 0.505. The van der Waals surface area contributed by atoms with Gasteiger partial charge in [-0.1, -0.05) is 13.3 Å². The summed E-state index contributed by atoms with van der Waals surface area (Å²) in [6.07, 6.45) is 1.27. The van der Waals surface area contributed by atoms with Gasteiger partial charge in [0.2, 0.25) is 0 Å². The number of aliphatic hydroxyl groups excluding tert-OH is 1. The van der Waals surface area contributed by atoms with Crippen LogP contribution < -0.4 is 0 Å². The molecule has 0 amide bonds. The van der Waals surface area contributed by atoms with Crippen LogP contribution in [0.15, 0.2) is 0 Å². The molecule has 0 radical (unpaired) electrons. The molecule has 0 saturated heterocycles. The van der Waals surface area contributed by atoms with Gasteiger partial charge in [-0.2, -0.15) is 0 Å². The molecule has 3 heteroatoms. The van der Waals surface area contributed by atoms with E-state index in [0.29, 0.717) is 6.61 Å². The van der Waals surface area contributed by atoms with E-state index in [1.54, 1.807) is 13.8 Å². The number of carbonyl (C=O) groups excluding carboxylic acids is 1. The molecular formula is C9H18O3. The van der Waals surface area contributed by atoms with Crippen molar-refractivity contribution in [3.05, 3.63) is 0 Å². The van der Waals surface area contributed by atoms with Gasteiger partial charge in [-0.15, -0.1) is 0 Å². The first kappa shape index (κ1) is 11.4. The first-order chi connectivity index (χ1) is 5.59. The summed E-state index contributed by atoms with van der Waals surface area (Å²) in [5, 5.41) is 9.05. The van der Waals surface area contributed by atoms with Crippen molar-refractivity contribution in [1.29, 1.82) is 0 Å². The number of unbranched alkanes of at least 4 members (excludes halogenated alkanes) is 1. The highest BCUT2D eigenvalue weighted by Gasteiger charge is 2.18. The summed E-state index contributed by atoms with van der Waals surface area (Å²) in [7, 11) is 0. The summed E-state index contributed by atoms with van der Waals surface area (Å²) in [4.78, 5) is 11.1. The van der Waals surface area contributed by atoms with Crippen molar-refractivity contribution in [2.24, 2.45) is 5.92 Å². The van der Waals surface area contributed by atoms with E-state index in [4.69, 9.17) is 9.84 Å². The molecule has 0 aliphatic rings. The van der Waals surface area contributed by atoms with Crippen LogP contribution in [0.4, 0.5) is 0 Å². The van der Waals surface area contributed by atoms with E-state index in [0.717, 1.165) is 12.8 Å². The van der Waals surface area contributed by atoms with E-state index < -0.39 is 12.0 Å². The van der Waals surface area contributed by atoms with Gasteiger partial charge in [-0.05, 0) is 20.3 Å². The molecule has 0 aliphatic carbocycles. The third kappa shape index (κ3) is 4.34. The molecule has 0 spiro atoms. The maximum Gasteiger partial charge on any atom is 0.311 e. The lowest BCUT2D eigenvalue weighted by Crippen LogP contribution is -2.25. The lowest BCUT2D eigenvalue weighted by Gasteiger charge is -2.13. The number of aliphatic hydroxyl groups is 1. The maximum atomic E-state index is 11.1. The highest BCUT2D eigenvalue weighted by molar-refractivity contribution is 5.72. The zero-order valence-corrected chi connectivity index (χ0v) is 8.04. The fourth-order valence-electron chi connectivity index (χ4n) is 0.645. The molecule has 12 heavy (non-hydrogen) atoms. The molecule has 0 aromatic carbocycles. The van der Waals surface area contributed by atoms with Gasteiger partial charge in [-0.25, -0.2) is 0 Å². The monoisotopic (exact) mass is 174 g/mol. The lowest BCUT2D eigenvalue weighted by atomic mass is 10.1. The molecule has 0 saturated carbocycles. The van der Waals surface area contributed by atoms with Crippen LogP contribution in [-0.4, -0.2) is 23.8 Å². The van der Waals surface area contributed by atoms with Crippen molar-refractivity contribution >= 4 is 5.97 Å². The van der Waals surface area contributed by atoms with Crippen molar-refractivity contribution in [3.63, 3.8) is 0 Å². The second-order valence-corrected chi connectivity index (χ2v) is 3.05. The standard InChI is InChI=1S/C9H18O3/c1-4-5-6-12-9(11)7(2)8(3)10/h7-8,10H,4-6H2,1-3H3/t7-,8-/m1/s1. The SMILES string of the molecule is CCCCOC(=O)[C@H](C)[C@@H](C)O. The largest absolute Gasteiger partial charge is 0.465 e. The lowest BCUT2D eigenvalue weighted by molar-refractivity contribution is -0.151. The second kappa shape index (κ2) is 6.00. The Kier molecular flexibility index (Phi) is 5.72. The highest BCUT2D eigenvalue weighted by Crippen LogP contribution is 2.04. The molecule has 3 nitrogen and oxygen atoms in total. The minimum absolute atomic E-state index is 0.307. The van der Waals surface area contributed by atoms with Crippen molar-refractivity contribution in [3.8, 4) is 0 Å². The second-order valence-electron chi connectivity index (χ2n) is 3.05. The van der Waals surface area contributed by atoms with Crippen LogP contribution in [0.3, 0.4) is 0 Å². The molecule has 0 fully saturated rings. The van der Waals surface area contributed by atoms with Crippen LogP contribution in [0.1, 0.15) is 33.6 Å². The fourth-order valence-corrected chi connectivity index (χ4v) is 0.645. The minimum atomic E-state index is -0.626. The van der Waals surface area contributed by atoms with E-state index in [1.165, 1.54) is 0 Å². The molecule has 0 bridgehead atoms. The Morgan fingerprint density at radius 2 is 2.08 bits per heavy atom. The number of hydrogen-bond acceptors (Lipinski definition) is 3. The molecule has 0 aliphatic heterocycles. The summed E-state index contributed by atoms with van der Waals surface area (Å²) in [6.45, 7) is 5.75. The first-order valence-corrected chi connectivity index (χ1v) is 4.44. The van der Waals surface area contributed by atoms with Crippen molar-refractivity contribution in [2.45, 2.75) is 39.7 Å². The Labute approximate surface area is 73.7 Å². The van der Waals surface area contributed by atoms with E-state index >= 15 is 0 Å². The topological polar surface area (TPSA) is 46.5 Å². The number of esters is 1. The molecule has 1 N–H and O–H groups in total. The number of rotatable bonds is 5. The van der Waals surface area contributed by atoms with Gasteiger partial charge in [0.05, 0.1) is 18.6 Å². The van der Waals surface area contributed by atoms with Gasteiger partial charge in [0.1, 0.15) is 0 Å². The van der Waals surface area contributed by atoms with Crippen LogP contribution in [0.5, 0.6) is 0 Å². The summed E-state index contributed by atoms with van der Waals surface area (Å²) >= 11 is 0. The van der Waals surface area contributed by atoms with Gasteiger partial charge in [0.25, 0.3) is 0 Å². The zero-order valence-electron chi connectivity index (χ0n) is 8.04. The summed E-state index contributed by atoms with van der Waals surface area (Å²) in [6, 6.07) is 0. The van der Waals surface area contributed by atoms with E-state index in [-0.39, 0.29) is 5.97 Å². The molecule has 0 rings (SSSR count). The Morgan fingerprint density at radius 1 is 1.50 bits per heavy atom. The summed E-state index contributed by atoms with van der Waals surface area (Å²) < 4.78 is 4.91. The van der Waals surface area contributed by atoms with Crippen molar-refractivity contribution in [1.82, 2.24) is 0 Å². The summed E-state index contributed by atoms with van der Waals surface area (Å²) in [5.41, 5.74) is 0. The van der Waals surface area contributed by atoms with Crippen LogP contribution in [-0.2, 0) is 9.53 Å².